The molecule has 0 aromatic rings. The molecular formula is C5H13NS. The summed E-state index contributed by atoms with van der Waals surface area (Å²) in [4.78, 5) is 2.82. The van der Waals surface area contributed by atoms with Gasteiger partial charge in [-0.2, -0.15) is 0 Å². The van der Waals surface area contributed by atoms with Crippen LogP contribution in [-0.4, -0.2) is 24.0 Å². The second kappa shape index (κ2) is 4.06. The van der Waals surface area contributed by atoms with Crippen LogP contribution in [0.1, 0.15) is 14.4 Å². The summed E-state index contributed by atoms with van der Waals surface area (Å²) in [5.74, 6) is 0. The van der Waals surface area contributed by atoms with E-state index in [4.69, 9.17) is 12.2 Å². The van der Waals surface area contributed by atoms with E-state index in [9.17, 15) is 0 Å². The van der Waals surface area contributed by atoms with Crippen molar-refractivity contribution in [2.24, 2.45) is 0 Å². The van der Waals surface area contributed by atoms with Gasteiger partial charge in [0.2, 0.25) is 0 Å². The second-order valence-corrected chi connectivity index (χ2v) is 2.00. The van der Waals surface area contributed by atoms with Crippen molar-refractivity contribution < 1.29 is 0 Å². The summed E-state index contributed by atoms with van der Waals surface area (Å²) in [5, 5.41) is 0. The summed E-state index contributed by atoms with van der Waals surface area (Å²) in [6.45, 7) is 1.90. The summed E-state index contributed by atoms with van der Waals surface area (Å²) in [5.41, 5.74) is 0. The first-order valence-corrected chi connectivity index (χ1v) is 2.23. The number of hydrogen-bond donors (Lipinski definition) is 0. The molecule has 0 aliphatic carbocycles. The van der Waals surface area contributed by atoms with Gasteiger partial charge in [-0.05, 0) is 6.92 Å². The highest BCUT2D eigenvalue weighted by Crippen LogP contribution is 1.75. The molecule has 44 valence electrons. The number of hydrogen-bond acceptors (Lipinski definition) is 1. The zero-order chi connectivity index (χ0) is 5.15. The Labute approximate surface area is 51.3 Å². The van der Waals surface area contributed by atoms with Crippen LogP contribution in [0, 0.1) is 0 Å². The minimum Gasteiger partial charge on any atom is -0.373 e. The zero-order valence-corrected chi connectivity index (χ0v) is 5.17. The molecule has 0 aromatic heterocycles. The van der Waals surface area contributed by atoms with Gasteiger partial charge in [0, 0.05) is 14.1 Å². The predicted molar refractivity (Wildman–Crippen MR) is 38.7 cm³/mol. The lowest BCUT2D eigenvalue weighted by Crippen LogP contribution is -2.15. The van der Waals surface area contributed by atoms with Gasteiger partial charge in [0.25, 0.3) is 0 Å². The van der Waals surface area contributed by atoms with Crippen LogP contribution in [0.2, 0.25) is 0 Å². The van der Waals surface area contributed by atoms with Gasteiger partial charge in [-0.1, -0.05) is 19.6 Å². The third-order valence-corrected chi connectivity index (χ3v) is 0.995. The summed E-state index contributed by atoms with van der Waals surface area (Å²) in [6, 6.07) is 0. The van der Waals surface area contributed by atoms with Crippen LogP contribution in [0.15, 0.2) is 0 Å². The Hall–Kier alpha value is -0.110. The first-order chi connectivity index (χ1) is 2.64. The maximum atomic E-state index is 4.75. The molecule has 0 radical (unpaired) electrons. The van der Waals surface area contributed by atoms with Crippen LogP contribution >= 0.6 is 12.2 Å². The molecular weight excluding hydrogens is 106 g/mol. The molecule has 0 amide bonds. The number of rotatable bonds is 0. The molecule has 0 rings (SSSR count). The SMILES string of the molecule is C.CC(=S)N(C)C. The normalized spacial score (nSPS) is 6.71. The number of nitrogens with zero attached hydrogens (tertiary/aromatic N) is 1. The van der Waals surface area contributed by atoms with E-state index in [1.807, 2.05) is 25.9 Å². The van der Waals surface area contributed by atoms with Crippen molar-refractivity contribution in [3.05, 3.63) is 0 Å². The van der Waals surface area contributed by atoms with E-state index in [0.29, 0.717) is 0 Å². The van der Waals surface area contributed by atoms with E-state index < -0.39 is 0 Å². The van der Waals surface area contributed by atoms with Gasteiger partial charge in [-0.25, -0.2) is 0 Å². The Balaban J connectivity index is 0. The molecule has 0 saturated carbocycles. The third-order valence-electron chi connectivity index (χ3n) is 0.630. The van der Waals surface area contributed by atoms with Gasteiger partial charge < -0.3 is 4.90 Å². The predicted octanol–water partition coefficient (Wildman–Crippen LogP) is 1.53. The molecule has 2 heteroatoms. The Bertz CT molecular complexity index is 59.1. The number of thiocarbonyl (C=S) groups is 1. The van der Waals surface area contributed by atoms with E-state index in [0.717, 1.165) is 4.99 Å². The quantitative estimate of drug-likeness (QED) is 0.445. The van der Waals surface area contributed by atoms with Crippen LogP contribution in [0.4, 0.5) is 0 Å². The van der Waals surface area contributed by atoms with E-state index >= 15 is 0 Å². The Morgan fingerprint density at radius 3 is 1.57 bits per heavy atom. The highest BCUT2D eigenvalue weighted by Gasteiger charge is 1.82. The van der Waals surface area contributed by atoms with Crippen molar-refractivity contribution in [2.45, 2.75) is 14.4 Å². The fraction of sp³-hybridized carbons (Fsp3) is 0.800. The lowest BCUT2D eigenvalue weighted by molar-refractivity contribution is 0.632. The lowest BCUT2D eigenvalue weighted by Gasteiger charge is -2.06. The molecule has 0 saturated heterocycles. The highest BCUT2D eigenvalue weighted by molar-refractivity contribution is 7.80. The zero-order valence-electron chi connectivity index (χ0n) is 4.36. The molecule has 0 aromatic carbocycles. The molecule has 0 N–H and O–H groups in total. The average molecular weight is 119 g/mol. The Morgan fingerprint density at radius 2 is 1.57 bits per heavy atom. The van der Waals surface area contributed by atoms with Gasteiger partial charge in [0.15, 0.2) is 0 Å². The van der Waals surface area contributed by atoms with E-state index in [2.05, 4.69) is 0 Å². The fourth-order valence-corrected chi connectivity index (χ4v) is 0. The standard InChI is InChI=1S/C4H9NS.CH4/c1-4(6)5(2)3;/h1-3H3;1H4. The highest BCUT2D eigenvalue weighted by atomic mass is 32.1. The lowest BCUT2D eigenvalue weighted by atomic mass is 10.7. The largest absolute Gasteiger partial charge is 0.373 e. The Morgan fingerprint density at radius 1 is 1.43 bits per heavy atom. The van der Waals surface area contributed by atoms with Crippen LogP contribution in [-0.2, 0) is 0 Å². The third kappa shape index (κ3) is 5.89. The minimum absolute atomic E-state index is 0. The fourth-order valence-electron chi connectivity index (χ4n) is 0. The van der Waals surface area contributed by atoms with Gasteiger partial charge in [0.05, 0.1) is 4.99 Å². The second-order valence-electron chi connectivity index (χ2n) is 1.41. The molecule has 0 heterocycles. The van der Waals surface area contributed by atoms with Crippen molar-refractivity contribution >= 4 is 17.2 Å². The van der Waals surface area contributed by atoms with E-state index in [1.54, 1.807) is 0 Å². The van der Waals surface area contributed by atoms with Crippen LogP contribution < -0.4 is 0 Å². The van der Waals surface area contributed by atoms with Crippen molar-refractivity contribution in [3.63, 3.8) is 0 Å². The average Bonchev–Trinajstić information content (AvgIpc) is 1.36. The van der Waals surface area contributed by atoms with Crippen molar-refractivity contribution in [1.29, 1.82) is 0 Å². The molecule has 0 aliphatic rings. The van der Waals surface area contributed by atoms with Crippen LogP contribution in [0.5, 0.6) is 0 Å². The molecule has 7 heavy (non-hydrogen) atoms. The maximum absolute atomic E-state index is 4.75. The Kier molecular flexibility index (Phi) is 5.80. The molecule has 0 fully saturated rings. The van der Waals surface area contributed by atoms with Crippen molar-refractivity contribution in [3.8, 4) is 0 Å². The van der Waals surface area contributed by atoms with Gasteiger partial charge in [-0.3, -0.25) is 0 Å². The smallest absolute Gasteiger partial charge is 0.0742 e. The molecule has 0 atom stereocenters. The molecule has 0 bridgehead atoms. The monoisotopic (exact) mass is 119 g/mol. The van der Waals surface area contributed by atoms with Crippen molar-refractivity contribution in [1.82, 2.24) is 4.90 Å². The van der Waals surface area contributed by atoms with Gasteiger partial charge >= 0.3 is 0 Å². The first kappa shape index (κ1) is 10.00. The molecule has 0 aliphatic heterocycles. The molecule has 0 unspecified atom stereocenters. The summed E-state index contributed by atoms with van der Waals surface area (Å²) in [7, 11) is 3.87. The summed E-state index contributed by atoms with van der Waals surface area (Å²) < 4.78 is 0. The van der Waals surface area contributed by atoms with E-state index in [1.165, 1.54) is 0 Å². The molecule has 0 spiro atoms. The van der Waals surface area contributed by atoms with Crippen LogP contribution in [0.25, 0.3) is 0 Å². The van der Waals surface area contributed by atoms with Crippen molar-refractivity contribution in [2.75, 3.05) is 14.1 Å². The first-order valence-electron chi connectivity index (χ1n) is 1.82. The maximum Gasteiger partial charge on any atom is 0.0742 e. The van der Waals surface area contributed by atoms with Gasteiger partial charge in [-0.15, -0.1) is 0 Å². The summed E-state index contributed by atoms with van der Waals surface area (Å²) in [6.07, 6.45) is 0. The topological polar surface area (TPSA) is 3.24 Å². The molecule has 1 nitrogen and oxygen atoms in total. The van der Waals surface area contributed by atoms with Crippen LogP contribution in [0.3, 0.4) is 0 Å². The summed E-state index contributed by atoms with van der Waals surface area (Å²) >= 11 is 4.75. The minimum atomic E-state index is 0. The van der Waals surface area contributed by atoms with E-state index in [-0.39, 0.29) is 7.43 Å². The van der Waals surface area contributed by atoms with Gasteiger partial charge in [0.1, 0.15) is 0 Å².